The third-order valence-corrected chi connectivity index (χ3v) is 3.17. The van der Waals surface area contributed by atoms with E-state index >= 15 is 0 Å². The fourth-order valence-corrected chi connectivity index (χ4v) is 1.69. The second kappa shape index (κ2) is 7.02. The van der Waals surface area contributed by atoms with Gasteiger partial charge in [0.15, 0.2) is 0 Å². The van der Waals surface area contributed by atoms with Crippen molar-refractivity contribution in [1.82, 2.24) is 9.97 Å². The van der Waals surface area contributed by atoms with Gasteiger partial charge < -0.3 is 21.5 Å². The van der Waals surface area contributed by atoms with Crippen LogP contribution in [0.4, 0.5) is 11.5 Å². The third kappa shape index (κ3) is 4.24. The third-order valence-electron chi connectivity index (χ3n) is 3.17. The van der Waals surface area contributed by atoms with E-state index in [0.717, 1.165) is 0 Å². The quantitative estimate of drug-likeness (QED) is 0.506. The number of anilines is 2. The van der Waals surface area contributed by atoms with Gasteiger partial charge in [-0.05, 0) is 37.3 Å². The monoisotopic (exact) mass is 331 g/mol. The van der Waals surface area contributed by atoms with E-state index in [0.29, 0.717) is 11.3 Å². The average Bonchev–Trinajstić information content (AvgIpc) is 2.55. The topological polar surface area (TPSA) is 150 Å². The van der Waals surface area contributed by atoms with Crippen molar-refractivity contribution in [2.75, 3.05) is 17.2 Å². The smallest absolute Gasteiger partial charge is 0.346 e. The van der Waals surface area contributed by atoms with Gasteiger partial charge in [-0.3, -0.25) is 14.6 Å². The number of nitrogens with two attached hydrogens (primary N) is 1. The van der Waals surface area contributed by atoms with Crippen LogP contribution in [0.3, 0.4) is 0 Å². The molecule has 1 heterocycles. The summed E-state index contributed by atoms with van der Waals surface area (Å²) >= 11 is 0. The van der Waals surface area contributed by atoms with E-state index in [-0.39, 0.29) is 5.82 Å². The first kappa shape index (κ1) is 17.3. The van der Waals surface area contributed by atoms with Crippen molar-refractivity contribution in [3.63, 3.8) is 0 Å². The van der Waals surface area contributed by atoms with Crippen LogP contribution in [0, 0.1) is 0 Å². The molecule has 9 heteroatoms. The van der Waals surface area contributed by atoms with Crippen molar-refractivity contribution in [3.05, 3.63) is 52.6 Å². The van der Waals surface area contributed by atoms with Crippen LogP contribution in [0.2, 0.25) is 0 Å². The lowest BCUT2D eigenvalue weighted by atomic mass is 10.0. The Labute approximate surface area is 136 Å². The van der Waals surface area contributed by atoms with Gasteiger partial charge in [0.2, 0.25) is 5.91 Å². The van der Waals surface area contributed by atoms with Gasteiger partial charge in [-0.1, -0.05) is 0 Å². The minimum Gasteiger partial charge on any atom is -0.394 e. The van der Waals surface area contributed by atoms with E-state index in [1.807, 2.05) is 0 Å². The number of aromatic amines is 1. The fraction of sp³-hybridized carbons (Fsp3) is 0.200. The minimum atomic E-state index is -1.40. The summed E-state index contributed by atoms with van der Waals surface area (Å²) < 4.78 is 0. The van der Waals surface area contributed by atoms with Crippen LogP contribution in [0.1, 0.15) is 17.3 Å². The predicted molar refractivity (Wildman–Crippen MR) is 87.6 cm³/mol. The highest BCUT2D eigenvalue weighted by Gasteiger charge is 2.27. The SMILES string of the molecule is CC(N)(CO)C(=O)Nc1ccc(C(=O)Nc2ccnc(=O)[nH]2)cc1. The van der Waals surface area contributed by atoms with Crippen LogP contribution >= 0.6 is 0 Å². The number of aromatic nitrogens is 2. The highest BCUT2D eigenvalue weighted by molar-refractivity contribution is 6.04. The number of H-pyrrole nitrogens is 1. The molecule has 1 atom stereocenters. The molecule has 2 rings (SSSR count). The number of carbonyl (C=O) groups is 2. The maximum Gasteiger partial charge on any atom is 0.346 e. The lowest BCUT2D eigenvalue weighted by molar-refractivity contribution is -0.121. The fourth-order valence-electron chi connectivity index (χ4n) is 1.69. The van der Waals surface area contributed by atoms with Gasteiger partial charge in [-0.2, -0.15) is 0 Å². The zero-order valence-electron chi connectivity index (χ0n) is 12.9. The standard InChI is InChI=1S/C15H17N5O4/c1-15(16,8-21)13(23)18-10-4-2-9(3-5-10)12(22)19-11-6-7-17-14(24)20-11/h2-7,21H,8,16H2,1H3,(H,18,23)(H2,17,19,20,22,24). The zero-order chi connectivity index (χ0) is 17.7. The van der Waals surface area contributed by atoms with Crippen LogP contribution in [0.25, 0.3) is 0 Å². The molecule has 1 unspecified atom stereocenters. The zero-order valence-corrected chi connectivity index (χ0v) is 12.9. The molecule has 2 amide bonds. The Bertz CT molecular complexity index is 798. The van der Waals surface area contributed by atoms with Gasteiger partial charge in [0.25, 0.3) is 5.91 Å². The summed E-state index contributed by atoms with van der Waals surface area (Å²) in [5.41, 5.74) is 4.41. The highest BCUT2D eigenvalue weighted by Crippen LogP contribution is 2.13. The largest absolute Gasteiger partial charge is 0.394 e. The van der Waals surface area contributed by atoms with Crippen LogP contribution in [-0.4, -0.2) is 39.0 Å². The van der Waals surface area contributed by atoms with E-state index < -0.39 is 29.6 Å². The van der Waals surface area contributed by atoms with Crippen LogP contribution in [-0.2, 0) is 4.79 Å². The molecule has 24 heavy (non-hydrogen) atoms. The highest BCUT2D eigenvalue weighted by atomic mass is 16.3. The van der Waals surface area contributed by atoms with Crippen molar-refractivity contribution in [3.8, 4) is 0 Å². The second-order valence-corrected chi connectivity index (χ2v) is 5.35. The van der Waals surface area contributed by atoms with Crippen LogP contribution in [0.15, 0.2) is 41.3 Å². The second-order valence-electron chi connectivity index (χ2n) is 5.35. The van der Waals surface area contributed by atoms with Gasteiger partial charge in [0.05, 0.1) is 6.61 Å². The molecule has 1 aromatic carbocycles. The number of amides is 2. The summed E-state index contributed by atoms with van der Waals surface area (Å²) in [6, 6.07) is 7.49. The van der Waals surface area contributed by atoms with E-state index in [1.54, 1.807) is 0 Å². The predicted octanol–water partition coefficient (Wildman–Crippen LogP) is -0.330. The molecule has 6 N–H and O–H groups in total. The molecule has 0 aliphatic carbocycles. The van der Waals surface area contributed by atoms with Crippen molar-refractivity contribution in [1.29, 1.82) is 0 Å². The van der Waals surface area contributed by atoms with Crippen molar-refractivity contribution in [2.24, 2.45) is 5.73 Å². The Morgan fingerprint density at radius 2 is 1.92 bits per heavy atom. The molecule has 0 bridgehead atoms. The summed E-state index contributed by atoms with van der Waals surface area (Å²) in [5.74, 6) is -0.760. The number of aliphatic hydroxyl groups is 1. The number of rotatable bonds is 5. The number of carbonyl (C=O) groups excluding carboxylic acids is 2. The molecular formula is C15H17N5O4. The first-order valence-electron chi connectivity index (χ1n) is 7.00. The molecule has 1 aromatic heterocycles. The number of benzene rings is 1. The lowest BCUT2D eigenvalue weighted by Gasteiger charge is -2.20. The van der Waals surface area contributed by atoms with E-state index in [9.17, 15) is 14.4 Å². The van der Waals surface area contributed by atoms with Crippen LogP contribution in [0.5, 0.6) is 0 Å². The van der Waals surface area contributed by atoms with Crippen molar-refractivity contribution in [2.45, 2.75) is 12.5 Å². The minimum absolute atomic E-state index is 0.222. The average molecular weight is 331 g/mol. The summed E-state index contributed by atoms with van der Waals surface area (Å²) in [6.07, 6.45) is 1.28. The summed E-state index contributed by atoms with van der Waals surface area (Å²) in [6.45, 7) is 0.906. The number of nitrogens with zero attached hydrogens (tertiary/aromatic N) is 1. The normalized spacial score (nSPS) is 13.0. The molecule has 0 spiro atoms. The Kier molecular flexibility index (Phi) is 5.07. The molecule has 0 saturated carbocycles. The molecule has 0 saturated heterocycles. The maximum atomic E-state index is 12.1. The van der Waals surface area contributed by atoms with E-state index in [1.165, 1.54) is 43.5 Å². The van der Waals surface area contributed by atoms with Gasteiger partial charge in [0.1, 0.15) is 11.4 Å². The summed E-state index contributed by atoms with van der Waals surface area (Å²) in [4.78, 5) is 40.8. The molecule has 0 fully saturated rings. The molecule has 2 aromatic rings. The Hall–Kier alpha value is -3.04. The van der Waals surface area contributed by atoms with Crippen LogP contribution < -0.4 is 22.1 Å². The Morgan fingerprint density at radius 1 is 1.25 bits per heavy atom. The molecule has 9 nitrogen and oxygen atoms in total. The maximum absolute atomic E-state index is 12.1. The van der Waals surface area contributed by atoms with E-state index in [4.69, 9.17) is 10.8 Å². The van der Waals surface area contributed by atoms with Gasteiger partial charge in [-0.25, -0.2) is 9.78 Å². The number of aliphatic hydroxyl groups excluding tert-OH is 1. The van der Waals surface area contributed by atoms with Gasteiger partial charge in [0, 0.05) is 17.4 Å². The van der Waals surface area contributed by atoms with Gasteiger partial charge in [-0.15, -0.1) is 0 Å². The van der Waals surface area contributed by atoms with Crippen molar-refractivity contribution >= 4 is 23.3 Å². The number of hydrogen-bond acceptors (Lipinski definition) is 6. The van der Waals surface area contributed by atoms with Crippen molar-refractivity contribution < 1.29 is 14.7 Å². The number of hydrogen-bond donors (Lipinski definition) is 5. The summed E-state index contributed by atoms with van der Waals surface area (Å²) in [7, 11) is 0. The molecular weight excluding hydrogens is 314 g/mol. The molecule has 0 radical (unpaired) electrons. The first-order chi connectivity index (χ1) is 11.3. The lowest BCUT2D eigenvalue weighted by Crippen LogP contribution is -2.51. The molecule has 0 aliphatic heterocycles. The Balaban J connectivity index is 2.05. The Morgan fingerprint density at radius 3 is 2.50 bits per heavy atom. The molecule has 0 aliphatic rings. The number of nitrogens with one attached hydrogen (secondary N) is 3. The summed E-state index contributed by atoms with van der Waals surface area (Å²) in [5, 5.41) is 14.1. The van der Waals surface area contributed by atoms with E-state index in [2.05, 4.69) is 20.6 Å². The molecule has 126 valence electrons. The van der Waals surface area contributed by atoms with Gasteiger partial charge >= 0.3 is 5.69 Å². The first-order valence-corrected chi connectivity index (χ1v) is 7.00.